The zero-order chi connectivity index (χ0) is 15.7. The first-order chi connectivity index (χ1) is 10.9. The van der Waals surface area contributed by atoms with Crippen LogP contribution in [0, 0.1) is 11.5 Å². The third kappa shape index (κ3) is 11.8. The van der Waals surface area contributed by atoms with Crippen LogP contribution in [0.25, 0.3) is 0 Å². The average Bonchev–Trinajstić information content (AvgIpc) is 2.54. The molecule has 0 aromatic heterocycles. The summed E-state index contributed by atoms with van der Waals surface area (Å²) in [6, 6.07) is 0. The molecule has 1 rings (SSSR count). The van der Waals surface area contributed by atoms with E-state index >= 15 is 0 Å². The van der Waals surface area contributed by atoms with Gasteiger partial charge < -0.3 is 0 Å². The predicted molar refractivity (Wildman–Crippen MR) is 89.2 cm³/mol. The molecule has 5 nitrogen and oxygen atoms in total. The first-order valence-corrected chi connectivity index (χ1v) is 9.25. The van der Waals surface area contributed by atoms with Gasteiger partial charge in [0.15, 0.2) is 0 Å². The van der Waals surface area contributed by atoms with Gasteiger partial charge in [-0.25, -0.2) is 10.3 Å². The molecule has 0 aromatic carbocycles. The first kappa shape index (κ1) is 19.2. The van der Waals surface area contributed by atoms with E-state index in [1.165, 1.54) is 77.0 Å². The van der Waals surface area contributed by atoms with Gasteiger partial charge in [-0.1, -0.05) is 82.2 Å². The number of hydrazine groups is 2. The molecule has 5 heteroatoms. The molecule has 22 heavy (non-hydrogen) atoms. The SMILES string of the molecule is N#CN1NNCCCCCCCCCCCCCCCCO1. The lowest BCUT2D eigenvalue weighted by atomic mass is 10.0. The Morgan fingerprint density at radius 1 is 0.682 bits per heavy atom. The van der Waals surface area contributed by atoms with Crippen molar-refractivity contribution in [1.29, 1.82) is 5.26 Å². The summed E-state index contributed by atoms with van der Waals surface area (Å²) < 4.78 is 0. The largest absolute Gasteiger partial charge is 0.248 e. The Morgan fingerprint density at radius 3 is 1.64 bits per heavy atom. The molecule has 0 amide bonds. The molecule has 0 spiro atoms. The Morgan fingerprint density at radius 2 is 1.14 bits per heavy atom. The van der Waals surface area contributed by atoms with E-state index in [0.29, 0.717) is 6.61 Å². The molecule has 0 saturated carbocycles. The van der Waals surface area contributed by atoms with E-state index in [9.17, 15) is 0 Å². The van der Waals surface area contributed by atoms with E-state index in [2.05, 4.69) is 11.0 Å². The third-order valence-electron chi connectivity index (χ3n) is 4.19. The van der Waals surface area contributed by atoms with Crippen LogP contribution in [0.5, 0.6) is 0 Å². The van der Waals surface area contributed by atoms with Crippen LogP contribution in [-0.4, -0.2) is 18.3 Å². The minimum absolute atomic E-state index is 0.599. The van der Waals surface area contributed by atoms with Gasteiger partial charge in [0.05, 0.1) is 6.61 Å². The molecule has 1 fully saturated rings. The zero-order valence-electron chi connectivity index (χ0n) is 14.1. The van der Waals surface area contributed by atoms with Gasteiger partial charge in [0.2, 0.25) is 6.19 Å². The van der Waals surface area contributed by atoms with Crippen LogP contribution in [0.2, 0.25) is 0 Å². The Bertz CT molecular complexity index is 260. The summed E-state index contributed by atoms with van der Waals surface area (Å²) >= 11 is 0. The van der Waals surface area contributed by atoms with E-state index < -0.39 is 0 Å². The minimum Gasteiger partial charge on any atom is -0.248 e. The predicted octanol–water partition coefficient (Wildman–Crippen LogP) is 4.19. The van der Waals surface area contributed by atoms with Crippen molar-refractivity contribution < 1.29 is 4.84 Å². The molecular formula is C17H34N4O. The molecule has 1 saturated heterocycles. The number of hydrogen-bond donors (Lipinski definition) is 2. The monoisotopic (exact) mass is 310 g/mol. The van der Waals surface area contributed by atoms with Crippen LogP contribution >= 0.6 is 0 Å². The lowest BCUT2D eigenvalue weighted by Gasteiger charge is -2.16. The maximum absolute atomic E-state index is 8.95. The fraction of sp³-hybridized carbons (Fsp3) is 0.941. The lowest BCUT2D eigenvalue weighted by molar-refractivity contribution is -0.160. The second-order valence-electron chi connectivity index (χ2n) is 6.22. The van der Waals surface area contributed by atoms with Gasteiger partial charge in [0, 0.05) is 6.54 Å². The molecule has 1 heterocycles. The van der Waals surface area contributed by atoms with Crippen molar-refractivity contribution in [1.82, 2.24) is 16.1 Å². The van der Waals surface area contributed by atoms with Crippen LogP contribution < -0.4 is 11.0 Å². The number of nitrogens with one attached hydrogen (secondary N) is 2. The Kier molecular flexibility index (Phi) is 13.2. The van der Waals surface area contributed by atoms with Crippen molar-refractivity contribution in [2.75, 3.05) is 13.2 Å². The molecular weight excluding hydrogens is 276 g/mol. The molecule has 0 aliphatic carbocycles. The van der Waals surface area contributed by atoms with Gasteiger partial charge in [-0.3, -0.25) is 0 Å². The van der Waals surface area contributed by atoms with Gasteiger partial charge in [-0.15, -0.1) is 5.53 Å². The van der Waals surface area contributed by atoms with Gasteiger partial charge in [0.25, 0.3) is 0 Å². The summed E-state index contributed by atoms with van der Waals surface area (Å²) in [5.74, 6) is 0. The minimum atomic E-state index is 0.599. The first-order valence-electron chi connectivity index (χ1n) is 9.25. The highest BCUT2D eigenvalue weighted by Crippen LogP contribution is 2.13. The highest BCUT2D eigenvalue weighted by atomic mass is 16.7. The molecule has 0 atom stereocenters. The molecule has 1 aliphatic rings. The maximum Gasteiger partial charge on any atom is 0.223 e. The van der Waals surface area contributed by atoms with E-state index in [4.69, 9.17) is 10.1 Å². The zero-order valence-corrected chi connectivity index (χ0v) is 14.1. The molecule has 0 aromatic rings. The Balaban J connectivity index is 2.15. The number of nitriles is 1. The van der Waals surface area contributed by atoms with Crippen LogP contribution in [0.3, 0.4) is 0 Å². The fourth-order valence-electron chi connectivity index (χ4n) is 2.81. The van der Waals surface area contributed by atoms with Crippen molar-refractivity contribution in [3.05, 3.63) is 0 Å². The van der Waals surface area contributed by atoms with Crippen molar-refractivity contribution in [2.24, 2.45) is 0 Å². The quantitative estimate of drug-likeness (QED) is 0.657. The summed E-state index contributed by atoms with van der Waals surface area (Å²) in [6.45, 7) is 1.46. The second-order valence-corrected chi connectivity index (χ2v) is 6.22. The van der Waals surface area contributed by atoms with Gasteiger partial charge in [-0.05, 0) is 12.8 Å². The highest BCUT2D eigenvalue weighted by Gasteiger charge is 2.01. The number of hydrogen-bond acceptors (Lipinski definition) is 5. The van der Waals surface area contributed by atoms with E-state index in [0.717, 1.165) is 24.6 Å². The van der Waals surface area contributed by atoms with Crippen LogP contribution in [-0.2, 0) is 4.84 Å². The molecule has 2 N–H and O–H groups in total. The summed E-state index contributed by atoms with van der Waals surface area (Å²) in [6.07, 6.45) is 20.3. The maximum atomic E-state index is 8.95. The van der Waals surface area contributed by atoms with E-state index in [-0.39, 0.29) is 0 Å². The van der Waals surface area contributed by atoms with Gasteiger partial charge in [0.1, 0.15) is 0 Å². The summed E-state index contributed by atoms with van der Waals surface area (Å²) in [5.41, 5.74) is 5.83. The second kappa shape index (κ2) is 15.1. The summed E-state index contributed by atoms with van der Waals surface area (Å²) in [5, 5.41) is 10.1. The number of hydroxylamine groups is 1. The van der Waals surface area contributed by atoms with Gasteiger partial charge >= 0.3 is 0 Å². The number of nitrogens with zero attached hydrogens (tertiary/aromatic N) is 2. The molecule has 128 valence electrons. The molecule has 1 aliphatic heterocycles. The Hall–Kier alpha value is -0.830. The smallest absolute Gasteiger partial charge is 0.223 e. The number of rotatable bonds is 0. The molecule has 0 unspecified atom stereocenters. The average molecular weight is 310 g/mol. The molecule has 0 radical (unpaired) electrons. The van der Waals surface area contributed by atoms with Gasteiger partial charge in [-0.2, -0.15) is 5.26 Å². The van der Waals surface area contributed by atoms with E-state index in [1.54, 1.807) is 0 Å². The normalized spacial score (nSPS) is 22.6. The lowest BCUT2D eigenvalue weighted by Crippen LogP contribution is -2.44. The van der Waals surface area contributed by atoms with Crippen LogP contribution in [0.1, 0.15) is 89.9 Å². The summed E-state index contributed by atoms with van der Waals surface area (Å²) in [4.78, 5) is 5.37. The van der Waals surface area contributed by atoms with Crippen LogP contribution in [0.4, 0.5) is 0 Å². The standard InChI is InChI=1S/C17H34N4O/c18-17-21-20-19-15-13-11-9-7-5-3-1-2-4-6-8-10-12-14-16-22-21/h19-20H,1-16H2. The summed E-state index contributed by atoms with van der Waals surface area (Å²) in [7, 11) is 0. The van der Waals surface area contributed by atoms with Crippen molar-refractivity contribution in [2.45, 2.75) is 89.9 Å². The van der Waals surface area contributed by atoms with E-state index in [1.807, 2.05) is 6.19 Å². The van der Waals surface area contributed by atoms with Crippen LogP contribution in [0.15, 0.2) is 0 Å². The van der Waals surface area contributed by atoms with Crippen molar-refractivity contribution >= 4 is 0 Å². The highest BCUT2D eigenvalue weighted by molar-refractivity contribution is 4.58. The fourth-order valence-corrected chi connectivity index (χ4v) is 2.81. The third-order valence-corrected chi connectivity index (χ3v) is 4.19. The Labute approximate surface area is 136 Å². The molecule has 0 bridgehead atoms. The van der Waals surface area contributed by atoms with Crippen molar-refractivity contribution in [3.8, 4) is 6.19 Å². The van der Waals surface area contributed by atoms with Crippen molar-refractivity contribution in [3.63, 3.8) is 0 Å². The topological polar surface area (TPSA) is 60.3 Å².